The third-order valence-electron chi connectivity index (χ3n) is 6.82. The standard InChI is InChI=1S/C30H31F2N5O5S/c1-30(2,3)42-29(38)37-11-9-36(10-12-37)26-18-33-16-20-6-5-19(13-23(20)26)21-14-25(28(41-4)34-17-21)35-43(39,40)27-8-7-22(31)15-24(27)32/h5-8,13-18,35H,9-12H2,1-4H3. The molecule has 10 nitrogen and oxygen atoms in total. The molecule has 226 valence electrons. The van der Waals surface area contributed by atoms with E-state index in [1.165, 1.54) is 19.4 Å². The molecule has 1 saturated heterocycles. The van der Waals surface area contributed by atoms with Gasteiger partial charge in [0.25, 0.3) is 10.0 Å². The van der Waals surface area contributed by atoms with Crippen LogP contribution >= 0.6 is 0 Å². The second-order valence-corrected chi connectivity index (χ2v) is 12.7. The fraction of sp³-hybridized carbons (Fsp3) is 0.300. The van der Waals surface area contributed by atoms with Crippen molar-refractivity contribution in [2.45, 2.75) is 31.3 Å². The Balaban J connectivity index is 1.43. The SMILES string of the molecule is COc1ncc(-c2ccc3cncc(N4CCN(C(=O)OC(C)(C)C)CC4)c3c2)cc1NS(=O)(=O)c1ccc(F)cc1F. The number of nitrogens with zero attached hydrogens (tertiary/aromatic N) is 4. The summed E-state index contributed by atoms with van der Waals surface area (Å²) in [6.07, 6.45) is 4.73. The maximum absolute atomic E-state index is 14.3. The Bertz CT molecular complexity index is 1790. The summed E-state index contributed by atoms with van der Waals surface area (Å²) in [5.41, 5.74) is 1.60. The van der Waals surface area contributed by atoms with Crippen LogP contribution in [0.5, 0.6) is 5.88 Å². The molecule has 1 amide bonds. The van der Waals surface area contributed by atoms with Crippen molar-refractivity contribution in [3.8, 4) is 17.0 Å². The zero-order valence-electron chi connectivity index (χ0n) is 24.1. The van der Waals surface area contributed by atoms with E-state index in [9.17, 15) is 22.0 Å². The van der Waals surface area contributed by atoms with Gasteiger partial charge in [0.15, 0.2) is 0 Å². The van der Waals surface area contributed by atoms with Crippen LogP contribution in [0.4, 0.5) is 25.0 Å². The number of hydrogen-bond donors (Lipinski definition) is 1. The number of carbonyl (C=O) groups is 1. The zero-order valence-corrected chi connectivity index (χ0v) is 24.9. The van der Waals surface area contributed by atoms with Gasteiger partial charge in [0.05, 0.1) is 19.0 Å². The molecule has 1 fully saturated rings. The molecule has 0 aliphatic carbocycles. The van der Waals surface area contributed by atoms with Crippen molar-refractivity contribution < 1.29 is 31.5 Å². The molecule has 2 aromatic carbocycles. The predicted molar refractivity (Wildman–Crippen MR) is 159 cm³/mol. The third kappa shape index (κ3) is 6.61. The van der Waals surface area contributed by atoms with E-state index in [1.807, 2.05) is 39.0 Å². The van der Waals surface area contributed by atoms with Gasteiger partial charge in [-0.15, -0.1) is 0 Å². The lowest BCUT2D eigenvalue weighted by Gasteiger charge is -2.37. The van der Waals surface area contributed by atoms with E-state index < -0.39 is 32.2 Å². The van der Waals surface area contributed by atoms with Crippen LogP contribution < -0.4 is 14.4 Å². The van der Waals surface area contributed by atoms with Gasteiger partial charge >= 0.3 is 6.09 Å². The highest BCUT2D eigenvalue weighted by Crippen LogP contribution is 2.34. The van der Waals surface area contributed by atoms with E-state index in [0.717, 1.165) is 34.2 Å². The quantitative estimate of drug-likeness (QED) is 0.307. The maximum Gasteiger partial charge on any atom is 0.410 e. The average Bonchev–Trinajstić information content (AvgIpc) is 2.95. The first-order valence-electron chi connectivity index (χ1n) is 13.5. The fourth-order valence-corrected chi connectivity index (χ4v) is 5.88. The average molecular weight is 612 g/mol. The highest BCUT2D eigenvalue weighted by Gasteiger charge is 2.27. The predicted octanol–water partition coefficient (Wildman–Crippen LogP) is 5.44. The summed E-state index contributed by atoms with van der Waals surface area (Å²) >= 11 is 0. The number of amides is 1. The summed E-state index contributed by atoms with van der Waals surface area (Å²) in [6.45, 7) is 7.66. The van der Waals surface area contributed by atoms with Crippen molar-refractivity contribution >= 4 is 38.3 Å². The number of sulfonamides is 1. The van der Waals surface area contributed by atoms with E-state index >= 15 is 0 Å². The second-order valence-electron chi connectivity index (χ2n) is 11.0. The van der Waals surface area contributed by atoms with E-state index in [-0.39, 0.29) is 17.7 Å². The molecule has 0 radical (unpaired) electrons. The number of nitrogens with one attached hydrogen (secondary N) is 1. The topological polar surface area (TPSA) is 114 Å². The van der Waals surface area contributed by atoms with Crippen LogP contribution in [-0.2, 0) is 14.8 Å². The summed E-state index contributed by atoms with van der Waals surface area (Å²) < 4.78 is 66.7. The largest absolute Gasteiger partial charge is 0.480 e. The number of piperazine rings is 1. The molecule has 1 aliphatic rings. The van der Waals surface area contributed by atoms with Crippen LogP contribution in [0.1, 0.15) is 20.8 Å². The molecule has 13 heteroatoms. The van der Waals surface area contributed by atoms with Gasteiger partial charge < -0.3 is 19.3 Å². The van der Waals surface area contributed by atoms with Gasteiger partial charge in [-0.2, -0.15) is 0 Å². The molecule has 0 unspecified atom stereocenters. The summed E-state index contributed by atoms with van der Waals surface area (Å²) in [5, 5.41) is 1.80. The first-order valence-corrected chi connectivity index (χ1v) is 15.0. The number of halogens is 2. The minimum Gasteiger partial charge on any atom is -0.480 e. The van der Waals surface area contributed by atoms with Crippen LogP contribution in [0.15, 0.2) is 66.0 Å². The Morgan fingerprint density at radius 3 is 2.37 bits per heavy atom. The Hall–Kier alpha value is -4.52. The van der Waals surface area contributed by atoms with Crippen LogP contribution in [0, 0.1) is 11.6 Å². The molecule has 3 heterocycles. The minimum absolute atomic E-state index is 0.0166. The Morgan fingerprint density at radius 2 is 1.70 bits per heavy atom. The molecule has 1 N–H and O–H groups in total. The number of ether oxygens (including phenoxy) is 2. The molecule has 5 rings (SSSR count). The van der Waals surface area contributed by atoms with Crippen molar-refractivity contribution in [3.05, 3.63) is 72.7 Å². The normalized spacial score (nSPS) is 14.1. The van der Waals surface area contributed by atoms with Crippen molar-refractivity contribution in [2.75, 3.05) is 42.9 Å². The van der Waals surface area contributed by atoms with Crippen molar-refractivity contribution in [1.29, 1.82) is 0 Å². The van der Waals surface area contributed by atoms with Gasteiger partial charge in [-0.25, -0.2) is 27.0 Å². The molecular formula is C30H31F2N5O5S. The van der Waals surface area contributed by atoms with E-state index in [2.05, 4.69) is 19.6 Å². The first-order chi connectivity index (χ1) is 20.3. The molecular weight excluding hydrogens is 580 g/mol. The summed E-state index contributed by atoms with van der Waals surface area (Å²) in [5.74, 6) is -2.14. The van der Waals surface area contributed by atoms with Crippen LogP contribution in [0.2, 0.25) is 0 Å². The van der Waals surface area contributed by atoms with E-state index in [1.54, 1.807) is 17.3 Å². The number of carbonyl (C=O) groups excluding carboxylic acids is 1. The molecule has 1 aliphatic heterocycles. The maximum atomic E-state index is 14.3. The Kier molecular flexibility index (Phi) is 8.10. The highest BCUT2D eigenvalue weighted by molar-refractivity contribution is 7.92. The van der Waals surface area contributed by atoms with Gasteiger partial charge in [-0.3, -0.25) is 9.71 Å². The van der Waals surface area contributed by atoms with Crippen LogP contribution in [0.3, 0.4) is 0 Å². The molecule has 4 aromatic rings. The molecule has 0 saturated carbocycles. The molecule has 43 heavy (non-hydrogen) atoms. The highest BCUT2D eigenvalue weighted by atomic mass is 32.2. The number of pyridine rings is 2. The van der Waals surface area contributed by atoms with E-state index in [4.69, 9.17) is 9.47 Å². The number of anilines is 2. The number of aromatic nitrogens is 2. The number of methoxy groups -OCH3 is 1. The first kappa shape index (κ1) is 30.0. The van der Waals surface area contributed by atoms with E-state index in [0.29, 0.717) is 37.8 Å². The lowest BCUT2D eigenvalue weighted by Crippen LogP contribution is -2.50. The molecule has 0 atom stereocenters. The second kappa shape index (κ2) is 11.6. The van der Waals surface area contributed by atoms with Crippen LogP contribution in [0.25, 0.3) is 21.9 Å². The lowest BCUT2D eigenvalue weighted by atomic mass is 10.0. The lowest BCUT2D eigenvalue weighted by molar-refractivity contribution is 0.0240. The Labute approximate surface area is 248 Å². The Morgan fingerprint density at radius 1 is 0.953 bits per heavy atom. The molecule has 0 bridgehead atoms. The smallest absolute Gasteiger partial charge is 0.410 e. The van der Waals surface area contributed by atoms with Gasteiger partial charge in [0.2, 0.25) is 5.88 Å². The van der Waals surface area contributed by atoms with Crippen molar-refractivity contribution in [1.82, 2.24) is 14.9 Å². The van der Waals surface area contributed by atoms with Gasteiger partial charge in [0.1, 0.15) is 27.8 Å². The number of benzene rings is 2. The summed E-state index contributed by atoms with van der Waals surface area (Å²) in [6, 6.07) is 9.46. The molecule has 0 spiro atoms. The van der Waals surface area contributed by atoms with Gasteiger partial charge in [-0.1, -0.05) is 12.1 Å². The van der Waals surface area contributed by atoms with Gasteiger partial charge in [0, 0.05) is 61.0 Å². The number of rotatable bonds is 6. The number of hydrogen-bond acceptors (Lipinski definition) is 8. The summed E-state index contributed by atoms with van der Waals surface area (Å²) in [4.78, 5) is 24.3. The zero-order chi connectivity index (χ0) is 30.9. The van der Waals surface area contributed by atoms with Crippen molar-refractivity contribution in [3.63, 3.8) is 0 Å². The van der Waals surface area contributed by atoms with Crippen LogP contribution in [-0.4, -0.2) is 68.3 Å². The van der Waals surface area contributed by atoms with Gasteiger partial charge in [-0.05, 0) is 50.6 Å². The van der Waals surface area contributed by atoms with Crippen molar-refractivity contribution in [2.24, 2.45) is 0 Å². The number of fused-ring (bicyclic) bond motifs is 1. The minimum atomic E-state index is -4.43. The summed E-state index contributed by atoms with van der Waals surface area (Å²) in [7, 11) is -3.10. The molecule has 2 aromatic heterocycles. The third-order valence-corrected chi connectivity index (χ3v) is 8.22. The monoisotopic (exact) mass is 611 g/mol. The fourth-order valence-electron chi connectivity index (χ4n) is 4.78.